The third kappa shape index (κ3) is 7.73. The molecule has 0 aliphatic rings. The molecule has 4 N–H and O–H groups in total. The van der Waals surface area contributed by atoms with Gasteiger partial charge in [-0.15, -0.1) is 0 Å². The van der Waals surface area contributed by atoms with Crippen LogP contribution < -0.4 is 11.5 Å². The summed E-state index contributed by atoms with van der Waals surface area (Å²) in [6.45, 7) is 14.0. The first-order chi connectivity index (χ1) is 26.4. The SMILES string of the molecule is CCCCc1ccc(-c2c(N)c3ccc4ccc(N)c5ccc(c2-c2ccc(CCCC)c(CCCC)c2CCCC)c3c45)c(CCCC)c1CCCC. The Labute approximate surface area is 327 Å². The summed E-state index contributed by atoms with van der Waals surface area (Å²) >= 11 is 0. The zero-order valence-electron chi connectivity index (χ0n) is 34.7. The minimum Gasteiger partial charge on any atom is -0.398 e. The van der Waals surface area contributed by atoms with Gasteiger partial charge in [0, 0.05) is 33.1 Å². The van der Waals surface area contributed by atoms with Gasteiger partial charge in [-0.1, -0.05) is 135 Å². The normalized spacial score (nSPS) is 11.9. The zero-order chi connectivity index (χ0) is 38.2. The molecule has 0 bridgehead atoms. The van der Waals surface area contributed by atoms with E-state index in [2.05, 4.69) is 102 Å². The molecule has 0 aromatic heterocycles. The summed E-state index contributed by atoms with van der Waals surface area (Å²) < 4.78 is 0. The average molecular weight is 721 g/mol. The van der Waals surface area contributed by atoms with Crippen LogP contribution in [0.5, 0.6) is 0 Å². The molecule has 0 aliphatic heterocycles. The minimum atomic E-state index is 0.831. The molecule has 6 aromatic carbocycles. The van der Waals surface area contributed by atoms with Crippen LogP contribution in [0.2, 0.25) is 0 Å². The van der Waals surface area contributed by atoms with E-state index in [1.54, 1.807) is 33.4 Å². The fourth-order valence-corrected chi connectivity index (χ4v) is 9.33. The summed E-state index contributed by atoms with van der Waals surface area (Å²) in [5, 5.41) is 7.33. The molecule has 0 spiro atoms. The van der Waals surface area contributed by atoms with E-state index in [0.717, 1.165) is 60.7 Å². The Morgan fingerprint density at radius 1 is 0.370 bits per heavy atom. The molecule has 286 valence electrons. The maximum Gasteiger partial charge on any atom is 0.0480 e. The van der Waals surface area contributed by atoms with Crippen molar-refractivity contribution in [3.63, 3.8) is 0 Å². The first-order valence-corrected chi connectivity index (χ1v) is 22.0. The number of rotatable bonds is 20. The fourth-order valence-electron chi connectivity index (χ4n) is 9.33. The first-order valence-electron chi connectivity index (χ1n) is 22.0. The van der Waals surface area contributed by atoms with Crippen molar-refractivity contribution in [1.82, 2.24) is 0 Å². The van der Waals surface area contributed by atoms with Gasteiger partial charge in [-0.2, -0.15) is 0 Å². The Hall–Kier alpha value is -4.04. The second kappa shape index (κ2) is 18.5. The molecular formula is C52H68N2. The predicted molar refractivity (Wildman–Crippen MR) is 242 cm³/mol. The Bertz CT molecular complexity index is 2170. The number of aryl methyl sites for hydroxylation is 2. The summed E-state index contributed by atoms with van der Waals surface area (Å²) in [6.07, 6.45) is 21.2. The standard InChI is InChI=1S/C52H68N2/c1-7-13-19-35-25-29-42(40(23-17-11-5)38(35)21-15-9-3)49-45-33-32-44-47(53)34-28-37-27-31-46(50(45)48(37)44)52(54)51(49)43-30-26-36(20-14-8-2)39(22-16-10-4)41(43)24-18-12-6/h25-34H,7-24,53-54H2,1-6H3. The van der Waals surface area contributed by atoms with Gasteiger partial charge in [0.2, 0.25) is 0 Å². The molecule has 0 atom stereocenters. The Morgan fingerprint density at radius 2 is 0.796 bits per heavy atom. The monoisotopic (exact) mass is 721 g/mol. The highest BCUT2D eigenvalue weighted by Gasteiger charge is 2.27. The van der Waals surface area contributed by atoms with Gasteiger partial charge >= 0.3 is 0 Å². The Morgan fingerprint density at radius 3 is 1.31 bits per heavy atom. The molecular weight excluding hydrogens is 653 g/mol. The van der Waals surface area contributed by atoms with E-state index in [0.29, 0.717) is 0 Å². The molecule has 0 radical (unpaired) electrons. The molecule has 6 rings (SSSR count). The van der Waals surface area contributed by atoms with E-state index in [9.17, 15) is 0 Å². The van der Waals surface area contributed by atoms with Gasteiger partial charge in [0.25, 0.3) is 0 Å². The van der Waals surface area contributed by atoms with Crippen LogP contribution in [0.1, 0.15) is 152 Å². The van der Waals surface area contributed by atoms with Crippen LogP contribution >= 0.6 is 0 Å². The molecule has 54 heavy (non-hydrogen) atoms. The average Bonchev–Trinajstić information content (AvgIpc) is 3.19. The number of benzene rings is 6. The number of nitrogen functional groups attached to an aromatic ring is 2. The molecule has 6 aromatic rings. The van der Waals surface area contributed by atoms with E-state index in [-0.39, 0.29) is 0 Å². The number of anilines is 2. The highest BCUT2D eigenvalue weighted by molar-refractivity contribution is 6.32. The highest BCUT2D eigenvalue weighted by atomic mass is 14.6. The van der Waals surface area contributed by atoms with Crippen molar-refractivity contribution in [2.24, 2.45) is 0 Å². The Kier molecular flexibility index (Phi) is 13.6. The number of nitrogens with two attached hydrogens (primary N) is 2. The topological polar surface area (TPSA) is 52.0 Å². The molecule has 0 aliphatic carbocycles. The predicted octanol–water partition coefficient (Wildman–Crippen LogP) is 15.1. The van der Waals surface area contributed by atoms with Crippen molar-refractivity contribution in [3.8, 4) is 22.3 Å². The smallest absolute Gasteiger partial charge is 0.0480 e. The van der Waals surface area contributed by atoms with Gasteiger partial charge in [-0.3, -0.25) is 0 Å². The summed E-state index contributed by atoms with van der Waals surface area (Å²) in [4.78, 5) is 0. The van der Waals surface area contributed by atoms with Crippen LogP contribution in [0.15, 0.2) is 60.7 Å². The van der Waals surface area contributed by atoms with Crippen LogP contribution in [-0.2, 0) is 38.5 Å². The van der Waals surface area contributed by atoms with Crippen LogP contribution in [0, 0.1) is 0 Å². The second-order valence-electron chi connectivity index (χ2n) is 16.1. The van der Waals surface area contributed by atoms with Gasteiger partial charge < -0.3 is 11.5 Å². The van der Waals surface area contributed by atoms with Crippen LogP contribution in [0.4, 0.5) is 11.4 Å². The second-order valence-corrected chi connectivity index (χ2v) is 16.1. The molecule has 0 unspecified atom stereocenters. The van der Waals surface area contributed by atoms with Gasteiger partial charge in [-0.05, 0) is 149 Å². The zero-order valence-corrected chi connectivity index (χ0v) is 34.7. The highest BCUT2D eigenvalue weighted by Crippen LogP contribution is 2.52. The van der Waals surface area contributed by atoms with Crippen LogP contribution in [0.3, 0.4) is 0 Å². The lowest BCUT2D eigenvalue weighted by molar-refractivity contribution is 0.735. The minimum absolute atomic E-state index is 0.831. The van der Waals surface area contributed by atoms with Crippen molar-refractivity contribution in [2.45, 2.75) is 157 Å². The summed E-state index contributed by atoms with van der Waals surface area (Å²) in [5.74, 6) is 0. The number of hydrogen-bond donors (Lipinski definition) is 2. The van der Waals surface area contributed by atoms with E-state index >= 15 is 0 Å². The lowest BCUT2D eigenvalue weighted by Gasteiger charge is -2.27. The Balaban J connectivity index is 1.81. The fraction of sp³-hybridized carbons (Fsp3) is 0.462. The van der Waals surface area contributed by atoms with Crippen molar-refractivity contribution in [3.05, 3.63) is 94.0 Å². The van der Waals surface area contributed by atoms with Crippen molar-refractivity contribution in [2.75, 3.05) is 11.5 Å². The van der Waals surface area contributed by atoms with Crippen molar-refractivity contribution >= 4 is 43.7 Å². The molecule has 0 heterocycles. The maximum atomic E-state index is 7.74. The van der Waals surface area contributed by atoms with Crippen LogP contribution in [0.25, 0.3) is 54.6 Å². The molecule has 0 fully saturated rings. The van der Waals surface area contributed by atoms with Gasteiger partial charge in [-0.25, -0.2) is 0 Å². The molecule has 0 saturated carbocycles. The lowest BCUT2D eigenvalue weighted by atomic mass is 9.77. The lowest BCUT2D eigenvalue weighted by Crippen LogP contribution is -2.08. The van der Waals surface area contributed by atoms with Crippen molar-refractivity contribution in [1.29, 1.82) is 0 Å². The molecule has 0 saturated heterocycles. The number of unbranched alkanes of at least 4 members (excludes halogenated alkanes) is 6. The first kappa shape index (κ1) is 39.6. The number of hydrogen-bond acceptors (Lipinski definition) is 2. The molecule has 2 nitrogen and oxygen atoms in total. The summed E-state index contributed by atoms with van der Waals surface area (Å²) in [7, 11) is 0. The molecule has 0 amide bonds. The van der Waals surface area contributed by atoms with Crippen LogP contribution in [-0.4, -0.2) is 0 Å². The molecule has 2 heteroatoms. The largest absolute Gasteiger partial charge is 0.398 e. The van der Waals surface area contributed by atoms with E-state index < -0.39 is 0 Å². The van der Waals surface area contributed by atoms with Gasteiger partial charge in [0.15, 0.2) is 0 Å². The van der Waals surface area contributed by atoms with E-state index in [1.807, 2.05) is 0 Å². The third-order valence-electron chi connectivity index (χ3n) is 12.3. The summed E-state index contributed by atoms with van der Waals surface area (Å²) in [6, 6.07) is 23.5. The van der Waals surface area contributed by atoms with Gasteiger partial charge in [0.1, 0.15) is 0 Å². The summed E-state index contributed by atoms with van der Waals surface area (Å²) in [5.41, 5.74) is 31.0. The third-order valence-corrected chi connectivity index (χ3v) is 12.3. The quantitative estimate of drug-likeness (QED) is 0.0609. The van der Waals surface area contributed by atoms with E-state index in [1.165, 1.54) is 121 Å². The van der Waals surface area contributed by atoms with Crippen molar-refractivity contribution < 1.29 is 0 Å². The van der Waals surface area contributed by atoms with Gasteiger partial charge in [0.05, 0.1) is 0 Å². The maximum absolute atomic E-state index is 7.74. The van der Waals surface area contributed by atoms with E-state index in [4.69, 9.17) is 11.5 Å².